The summed E-state index contributed by atoms with van der Waals surface area (Å²) in [6.45, 7) is 0.832. The minimum atomic E-state index is -3.46. The van der Waals surface area contributed by atoms with E-state index in [1.807, 2.05) is 5.32 Å². The quantitative estimate of drug-likeness (QED) is 0.695. The molecular weight excluding hydrogens is 182 g/mol. The first-order valence-corrected chi connectivity index (χ1v) is 3.96. The van der Waals surface area contributed by atoms with Crippen LogP contribution in [0.2, 0.25) is 0 Å². The van der Waals surface area contributed by atoms with Crippen LogP contribution in [-0.4, -0.2) is 35.9 Å². The van der Waals surface area contributed by atoms with Gasteiger partial charge in [-0.15, -0.1) is 0 Å². The Morgan fingerprint density at radius 3 is 2.69 bits per heavy atom. The Kier molecular flexibility index (Phi) is 2.49. The topological polar surface area (TPSA) is 49.4 Å². The van der Waals surface area contributed by atoms with E-state index < -0.39 is 24.4 Å². The van der Waals surface area contributed by atoms with Crippen molar-refractivity contribution in [2.24, 2.45) is 0 Å². The van der Waals surface area contributed by atoms with Crippen LogP contribution in [0.5, 0.6) is 0 Å². The van der Waals surface area contributed by atoms with E-state index in [0.717, 1.165) is 0 Å². The Balaban J connectivity index is 2.79. The number of amides is 3. The first-order chi connectivity index (χ1) is 5.99. The molecule has 0 aromatic rings. The zero-order valence-electron chi connectivity index (χ0n) is 7.14. The molecule has 0 aliphatic carbocycles. The molecule has 6 heteroatoms. The molecule has 1 aliphatic rings. The Hall–Kier alpha value is -1.20. The molecule has 0 saturated carbocycles. The van der Waals surface area contributed by atoms with E-state index in [9.17, 15) is 18.4 Å². The fourth-order valence-electron chi connectivity index (χ4n) is 1.07. The van der Waals surface area contributed by atoms with Gasteiger partial charge in [-0.1, -0.05) is 6.92 Å². The van der Waals surface area contributed by atoms with E-state index in [0.29, 0.717) is 11.3 Å². The molecule has 0 radical (unpaired) electrons. The second kappa shape index (κ2) is 3.27. The van der Waals surface area contributed by atoms with Crippen molar-refractivity contribution >= 4 is 11.9 Å². The summed E-state index contributed by atoms with van der Waals surface area (Å²) in [7, 11) is 0. The molecule has 1 heterocycles. The largest absolute Gasteiger partial charge is 0.342 e. The van der Waals surface area contributed by atoms with Gasteiger partial charge in [-0.05, 0) is 6.42 Å². The van der Waals surface area contributed by atoms with Gasteiger partial charge in [0.15, 0.2) is 0 Å². The summed E-state index contributed by atoms with van der Waals surface area (Å²) < 4.78 is 25.5. The number of urea groups is 1. The van der Waals surface area contributed by atoms with Gasteiger partial charge in [0.25, 0.3) is 0 Å². The summed E-state index contributed by atoms with van der Waals surface area (Å²) >= 11 is 0. The Morgan fingerprint density at radius 2 is 2.15 bits per heavy atom. The molecule has 3 amide bonds. The predicted octanol–water partition coefficient (Wildman–Crippen LogP) is 0.583. The van der Waals surface area contributed by atoms with Crippen LogP contribution in [0.15, 0.2) is 0 Å². The smallest absolute Gasteiger partial charge is 0.331 e. The van der Waals surface area contributed by atoms with Crippen molar-refractivity contribution in [3.8, 4) is 0 Å². The number of carbonyl (C=O) groups excluding carboxylic acids is 2. The van der Waals surface area contributed by atoms with E-state index in [1.54, 1.807) is 6.92 Å². The highest BCUT2D eigenvalue weighted by Crippen LogP contribution is 2.20. The van der Waals surface area contributed by atoms with Crippen LogP contribution in [0.4, 0.5) is 13.6 Å². The van der Waals surface area contributed by atoms with E-state index in [1.165, 1.54) is 0 Å². The van der Waals surface area contributed by atoms with Gasteiger partial charge in [-0.3, -0.25) is 9.69 Å². The van der Waals surface area contributed by atoms with Crippen molar-refractivity contribution in [3.63, 3.8) is 0 Å². The van der Waals surface area contributed by atoms with Gasteiger partial charge in [0.1, 0.15) is 0 Å². The van der Waals surface area contributed by atoms with Gasteiger partial charge < -0.3 is 5.32 Å². The van der Waals surface area contributed by atoms with E-state index >= 15 is 0 Å². The van der Waals surface area contributed by atoms with Crippen LogP contribution < -0.4 is 5.32 Å². The number of hydrogen-bond acceptors (Lipinski definition) is 2. The van der Waals surface area contributed by atoms with Crippen LogP contribution >= 0.6 is 0 Å². The number of alkyl halides is 2. The zero-order chi connectivity index (χ0) is 10.1. The first-order valence-electron chi connectivity index (χ1n) is 3.96. The molecule has 0 spiro atoms. The average Bonchev–Trinajstić information content (AvgIpc) is 2.07. The van der Waals surface area contributed by atoms with E-state index in [4.69, 9.17) is 0 Å². The zero-order valence-corrected chi connectivity index (χ0v) is 7.14. The summed E-state index contributed by atoms with van der Waals surface area (Å²) in [5, 5.41) is 1.95. The molecule has 1 fully saturated rings. The third-order valence-corrected chi connectivity index (χ3v) is 1.71. The molecule has 1 aliphatic heterocycles. The number of imide groups is 1. The number of carbonyl (C=O) groups is 2. The molecule has 0 unspecified atom stereocenters. The SMILES string of the molecule is CCCN1C(=O)NCC(F)(F)C1=O. The minimum absolute atomic E-state index is 0.0280. The number of hydrogen-bond donors (Lipinski definition) is 1. The molecule has 0 aromatic heterocycles. The van der Waals surface area contributed by atoms with Crippen LogP contribution in [0.1, 0.15) is 13.3 Å². The molecule has 74 valence electrons. The van der Waals surface area contributed by atoms with Gasteiger partial charge in [-0.2, -0.15) is 8.78 Å². The molecular formula is C7H10F2N2O2. The number of nitrogens with zero attached hydrogens (tertiary/aromatic N) is 1. The second-order valence-corrected chi connectivity index (χ2v) is 2.82. The normalized spacial score (nSPS) is 21.6. The monoisotopic (exact) mass is 192 g/mol. The van der Waals surface area contributed by atoms with Crippen molar-refractivity contribution in [3.05, 3.63) is 0 Å². The second-order valence-electron chi connectivity index (χ2n) is 2.82. The Morgan fingerprint density at radius 1 is 1.54 bits per heavy atom. The number of halogens is 2. The van der Waals surface area contributed by atoms with Crippen molar-refractivity contribution in [2.45, 2.75) is 19.3 Å². The molecule has 4 nitrogen and oxygen atoms in total. The van der Waals surface area contributed by atoms with Gasteiger partial charge in [0.05, 0.1) is 6.54 Å². The standard InChI is InChI=1S/C7H10F2N2O2/c1-2-3-11-5(12)7(8,9)4-10-6(11)13/h2-4H2,1H3,(H,10,13). The van der Waals surface area contributed by atoms with Gasteiger partial charge in [0, 0.05) is 6.54 Å². The molecule has 0 aromatic carbocycles. The average molecular weight is 192 g/mol. The lowest BCUT2D eigenvalue weighted by Gasteiger charge is -2.30. The van der Waals surface area contributed by atoms with Crippen LogP contribution in [0, 0.1) is 0 Å². The Bertz CT molecular complexity index is 243. The van der Waals surface area contributed by atoms with Crippen LogP contribution in [0.3, 0.4) is 0 Å². The van der Waals surface area contributed by atoms with E-state index in [2.05, 4.69) is 0 Å². The maximum Gasteiger partial charge on any atom is 0.342 e. The third kappa shape index (κ3) is 1.76. The van der Waals surface area contributed by atoms with Crippen molar-refractivity contribution in [2.75, 3.05) is 13.1 Å². The molecule has 1 N–H and O–H groups in total. The van der Waals surface area contributed by atoms with Gasteiger partial charge in [-0.25, -0.2) is 4.79 Å². The lowest BCUT2D eigenvalue weighted by Crippen LogP contribution is -2.60. The summed E-state index contributed by atoms with van der Waals surface area (Å²) in [6, 6.07) is -0.738. The van der Waals surface area contributed by atoms with E-state index in [-0.39, 0.29) is 6.54 Å². The maximum absolute atomic E-state index is 12.7. The fourth-order valence-corrected chi connectivity index (χ4v) is 1.07. The highest BCUT2D eigenvalue weighted by Gasteiger charge is 2.48. The first kappa shape index (κ1) is 9.88. The van der Waals surface area contributed by atoms with Crippen LogP contribution in [-0.2, 0) is 4.79 Å². The van der Waals surface area contributed by atoms with Crippen molar-refractivity contribution in [1.29, 1.82) is 0 Å². The highest BCUT2D eigenvalue weighted by molar-refractivity contribution is 6.00. The predicted molar refractivity (Wildman–Crippen MR) is 40.3 cm³/mol. The molecule has 1 saturated heterocycles. The maximum atomic E-state index is 12.7. The summed E-state index contributed by atoms with van der Waals surface area (Å²) in [5.41, 5.74) is 0. The molecule has 0 bridgehead atoms. The minimum Gasteiger partial charge on any atom is -0.331 e. The summed E-state index contributed by atoms with van der Waals surface area (Å²) in [6.07, 6.45) is 0.468. The molecule has 0 atom stereocenters. The number of rotatable bonds is 2. The molecule has 13 heavy (non-hydrogen) atoms. The molecule has 1 rings (SSSR count). The fraction of sp³-hybridized carbons (Fsp3) is 0.714. The third-order valence-electron chi connectivity index (χ3n) is 1.71. The van der Waals surface area contributed by atoms with Crippen molar-refractivity contribution < 1.29 is 18.4 Å². The summed E-state index contributed by atoms with van der Waals surface area (Å²) in [5.74, 6) is -4.86. The van der Waals surface area contributed by atoms with Crippen LogP contribution in [0.25, 0.3) is 0 Å². The lowest BCUT2D eigenvalue weighted by molar-refractivity contribution is -0.156. The van der Waals surface area contributed by atoms with Gasteiger partial charge >= 0.3 is 17.9 Å². The highest BCUT2D eigenvalue weighted by atomic mass is 19.3. The number of nitrogens with one attached hydrogen (secondary N) is 1. The van der Waals surface area contributed by atoms with Crippen molar-refractivity contribution in [1.82, 2.24) is 10.2 Å². The summed E-state index contributed by atoms with van der Waals surface area (Å²) in [4.78, 5) is 22.5. The Labute approximate surface area is 73.9 Å². The van der Waals surface area contributed by atoms with Gasteiger partial charge in [0.2, 0.25) is 0 Å². The lowest BCUT2D eigenvalue weighted by atomic mass is 10.2.